The van der Waals surface area contributed by atoms with E-state index >= 15 is 0 Å². The molecule has 0 heterocycles. The fourth-order valence-corrected chi connectivity index (χ4v) is 2.62. The van der Waals surface area contributed by atoms with E-state index in [0.29, 0.717) is 25.2 Å². The van der Waals surface area contributed by atoms with Crippen molar-refractivity contribution in [3.8, 4) is 0 Å². The summed E-state index contributed by atoms with van der Waals surface area (Å²) in [4.78, 5) is 23.2. The molecule has 3 N–H and O–H groups in total. The van der Waals surface area contributed by atoms with Gasteiger partial charge in [0.25, 0.3) is 0 Å². The van der Waals surface area contributed by atoms with Crippen LogP contribution in [0.2, 0.25) is 0 Å². The van der Waals surface area contributed by atoms with Crippen molar-refractivity contribution in [1.82, 2.24) is 5.32 Å². The number of carboxylic acid groups (broad SMARTS) is 1. The monoisotopic (exact) mass is 257 g/mol. The summed E-state index contributed by atoms with van der Waals surface area (Å²) in [6, 6.07) is -0.271. The van der Waals surface area contributed by atoms with Gasteiger partial charge in [-0.25, -0.2) is 0 Å². The normalized spacial score (nSPS) is 28.9. The fourth-order valence-electron chi connectivity index (χ4n) is 2.62. The van der Waals surface area contributed by atoms with E-state index in [1.807, 2.05) is 13.8 Å². The molecule has 0 aromatic carbocycles. The van der Waals surface area contributed by atoms with Gasteiger partial charge in [-0.3, -0.25) is 9.59 Å². The second-order valence-electron chi connectivity index (χ2n) is 5.09. The number of carboxylic acids is 1. The van der Waals surface area contributed by atoms with E-state index in [1.165, 1.54) is 0 Å². The van der Waals surface area contributed by atoms with Crippen molar-refractivity contribution in [2.75, 3.05) is 6.61 Å². The molecule has 0 bridgehead atoms. The second kappa shape index (κ2) is 6.73. The minimum atomic E-state index is -0.886. The Labute approximate surface area is 108 Å². The molecule has 0 aliphatic heterocycles. The number of carbonyl (C=O) groups is 2. The van der Waals surface area contributed by atoms with Crippen LogP contribution in [0.4, 0.5) is 0 Å². The van der Waals surface area contributed by atoms with Crippen LogP contribution in [0.3, 0.4) is 0 Å². The summed E-state index contributed by atoms with van der Waals surface area (Å²) in [6.45, 7) is 3.79. The van der Waals surface area contributed by atoms with Crippen molar-refractivity contribution < 1.29 is 19.8 Å². The minimum absolute atomic E-state index is 0.107. The molecular formula is C13H23NO4. The largest absolute Gasteiger partial charge is 0.481 e. The number of amides is 1. The molecule has 5 nitrogen and oxygen atoms in total. The van der Waals surface area contributed by atoms with Crippen molar-refractivity contribution in [3.05, 3.63) is 0 Å². The molecule has 1 saturated carbocycles. The Morgan fingerprint density at radius 2 is 1.89 bits per heavy atom. The zero-order valence-corrected chi connectivity index (χ0v) is 11.1. The van der Waals surface area contributed by atoms with Gasteiger partial charge in [-0.05, 0) is 25.2 Å². The highest BCUT2D eigenvalue weighted by molar-refractivity contribution is 5.85. The lowest BCUT2D eigenvalue weighted by molar-refractivity contribution is -0.146. The van der Waals surface area contributed by atoms with Gasteiger partial charge in [0, 0.05) is 0 Å². The number of hydrogen-bond acceptors (Lipinski definition) is 3. The predicted octanol–water partition coefficient (Wildman–Crippen LogP) is 1.01. The highest BCUT2D eigenvalue weighted by Crippen LogP contribution is 2.38. The van der Waals surface area contributed by atoms with E-state index in [0.717, 1.165) is 6.42 Å². The van der Waals surface area contributed by atoms with E-state index in [2.05, 4.69) is 5.32 Å². The first kappa shape index (κ1) is 15.0. The number of rotatable bonds is 6. The first-order valence-corrected chi connectivity index (χ1v) is 6.67. The fraction of sp³-hybridized carbons (Fsp3) is 0.846. The zero-order valence-electron chi connectivity index (χ0n) is 11.1. The summed E-state index contributed by atoms with van der Waals surface area (Å²) in [5, 5.41) is 21.0. The summed E-state index contributed by atoms with van der Waals surface area (Å²) in [7, 11) is 0. The van der Waals surface area contributed by atoms with Crippen LogP contribution in [0.5, 0.6) is 0 Å². The van der Waals surface area contributed by atoms with Gasteiger partial charge in [0.2, 0.25) is 5.91 Å². The molecule has 0 aromatic rings. The molecule has 1 unspecified atom stereocenters. The molecule has 1 aliphatic rings. The van der Waals surface area contributed by atoms with Gasteiger partial charge in [-0.15, -0.1) is 0 Å². The molecule has 1 rings (SSSR count). The molecule has 1 amide bonds. The standard InChI is InChI=1S/C13H23NO4/c1-3-8-5-10(11(6-8)13(17)18)12(16)14-9(4-2)7-15/h8-11,15H,3-7H2,1-2H3,(H,14,16)(H,17,18)/t8?,9-,10-,11+/m0/s1. The minimum Gasteiger partial charge on any atom is -0.481 e. The first-order chi connectivity index (χ1) is 8.53. The Morgan fingerprint density at radius 1 is 1.28 bits per heavy atom. The molecule has 0 spiro atoms. The number of aliphatic hydroxyl groups is 1. The van der Waals surface area contributed by atoms with Crippen molar-refractivity contribution in [1.29, 1.82) is 0 Å². The molecule has 4 atom stereocenters. The van der Waals surface area contributed by atoms with E-state index in [4.69, 9.17) is 10.2 Å². The topological polar surface area (TPSA) is 86.6 Å². The lowest BCUT2D eigenvalue weighted by Gasteiger charge is -2.20. The third kappa shape index (κ3) is 3.45. The number of aliphatic hydroxyl groups excluding tert-OH is 1. The molecule has 104 valence electrons. The first-order valence-electron chi connectivity index (χ1n) is 6.67. The van der Waals surface area contributed by atoms with Crippen molar-refractivity contribution in [3.63, 3.8) is 0 Å². The summed E-state index contributed by atoms with van der Waals surface area (Å²) < 4.78 is 0. The smallest absolute Gasteiger partial charge is 0.307 e. The Hall–Kier alpha value is -1.10. The van der Waals surface area contributed by atoms with Gasteiger partial charge >= 0.3 is 5.97 Å². The van der Waals surface area contributed by atoms with Crippen LogP contribution < -0.4 is 5.32 Å². The molecule has 0 radical (unpaired) electrons. The molecule has 1 fully saturated rings. The summed E-state index contributed by atoms with van der Waals surface area (Å²) >= 11 is 0. The zero-order chi connectivity index (χ0) is 13.7. The van der Waals surface area contributed by atoms with Crippen LogP contribution in [0.1, 0.15) is 39.5 Å². The molecule has 0 saturated heterocycles. The van der Waals surface area contributed by atoms with Crippen molar-refractivity contribution in [2.45, 2.75) is 45.6 Å². The molecule has 0 aromatic heterocycles. The average molecular weight is 257 g/mol. The van der Waals surface area contributed by atoms with Crippen LogP contribution >= 0.6 is 0 Å². The van der Waals surface area contributed by atoms with Crippen LogP contribution in [0, 0.1) is 17.8 Å². The number of hydrogen-bond donors (Lipinski definition) is 3. The third-order valence-electron chi connectivity index (χ3n) is 3.95. The van der Waals surface area contributed by atoms with Gasteiger partial charge in [-0.1, -0.05) is 20.3 Å². The van der Waals surface area contributed by atoms with E-state index in [1.54, 1.807) is 0 Å². The molecule has 18 heavy (non-hydrogen) atoms. The Bertz CT molecular complexity index is 301. The maximum Gasteiger partial charge on any atom is 0.307 e. The Morgan fingerprint density at radius 3 is 2.33 bits per heavy atom. The van der Waals surface area contributed by atoms with E-state index in [9.17, 15) is 9.59 Å². The Kier molecular flexibility index (Phi) is 5.59. The van der Waals surface area contributed by atoms with Gasteiger partial charge in [0.1, 0.15) is 0 Å². The summed E-state index contributed by atoms with van der Waals surface area (Å²) in [5.41, 5.74) is 0. The Balaban J connectivity index is 2.67. The van der Waals surface area contributed by atoms with Crippen LogP contribution in [0.25, 0.3) is 0 Å². The van der Waals surface area contributed by atoms with Gasteiger partial charge in [0.15, 0.2) is 0 Å². The predicted molar refractivity (Wildman–Crippen MR) is 66.9 cm³/mol. The van der Waals surface area contributed by atoms with Crippen molar-refractivity contribution in [2.24, 2.45) is 17.8 Å². The molecular weight excluding hydrogens is 234 g/mol. The SMILES string of the molecule is CCC1C[C@H](C(=O)N[C@@H](CC)CO)[C@H](C(=O)O)C1. The quantitative estimate of drug-likeness (QED) is 0.663. The second-order valence-corrected chi connectivity index (χ2v) is 5.09. The maximum atomic E-state index is 12.1. The van der Waals surface area contributed by atoms with Gasteiger partial charge in [-0.2, -0.15) is 0 Å². The molecule has 1 aliphatic carbocycles. The van der Waals surface area contributed by atoms with Crippen LogP contribution in [0.15, 0.2) is 0 Å². The van der Waals surface area contributed by atoms with Gasteiger partial charge < -0.3 is 15.5 Å². The van der Waals surface area contributed by atoms with E-state index < -0.39 is 17.8 Å². The van der Waals surface area contributed by atoms with Crippen LogP contribution in [-0.2, 0) is 9.59 Å². The third-order valence-corrected chi connectivity index (χ3v) is 3.95. The summed E-state index contributed by atoms with van der Waals surface area (Å²) in [5.74, 6) is -1.82. The molecule has 5 heteroatoms. The number of aliphatic carboxylic acids is 1. The maximum absolute atomic E-state index is 12.1. The van der Waals surface area contributed by atoms with Gasteiger partial charge in [0.05, 0.1) is 24.5 Å². The average Bonchev–Trinajstić information content (AvgIpc) is 2.80. The van der Waals surface area contributed by atoms with Crippen LogP contribution in [-0.4, -0.2) is 34.7 Å². The highest BCUT2D eigenvalue weighted by Gasteiger charge is 2.42. The summed E-state index contributed by atoms with van der Waals surface area (Å²) in [6.07, 6.45) is 2.77. The lowest BCUT2D eigenvalue weighted by atomic mass is 9.95. The van der Waals surface area contributed by atoms with E-state index in [-0.39, 0.29) is 18.6 Å². The number of nitrogens with one attached hydrogen (secondary N) is 1. The highest BCUT2D eigenvalue weighted by atomic mass is 16.4. The lowest BCUT2D eigenvalue weighted by Crippen LogP contribution is -2.42. The number of carbonyl (C=O) groups excluding carboxylic acids is 1. The van der Waals surface area contributed by atoms with Crippen molar-refractivity contribution >= 4 is 11.9 Å².